The highest BCUT2D eigenvalue weighted by Gasteiger charge is 2.27. The molecule has 0 aromatic carbocycles. The lowest BCUT2D eigenvalue weighted by Crippen LogP contribution is -2.34. The Morgan fingerprint density at radius 3 is 2.41 bits per heavy atom. The molecule has 0 radical (unpaired) electrons. The minimum Gasteiger partial charge on any atom is -0.481 e. The zero-order valence-corrected chi connectivity index (χ0v) is 17.0. The van der Waals surface area contributed by atoms with Crippen LogP contribution in [0.15, 0.2) is 23.4 Å². The number of hydrogen-bond acceptors (Lipinski definition) is 5. The van der Waals surface area contributed by atoms with Gasteiger partial charge in [-0.15, -0.1) is 0 Å². The average Bonchev–Trinajstić information content (AvgIpc) is 2.66. The summed E-state index contributed by atoms with van der Waals surface area (Å²) in [5.41, 5.74) is 8.01. The number of amidine groups is 1. The van der Waals surface area contributed by atoms with E-state index in [1.165, 1.54) is 24.1 Å². The number of carboxylic acids is 1. The van der Waals surface area contributed by atoms with E-state index in [0.29, 0.717) is 18.3 Å². The number of nitrogens with zero attached hydrogens (tertiary/aromatic N) is 2. The van der Waals surface area contributed by atoms with Crippen molar-refractivity contribution in [3.8, 4) is 0 Å². The van der Waals surface area contributed by atoms with E-state index < -0.39 is 11.9 Å². The molecular weight excluding hydrogens is 342 g/mol. The van der Waals surface area contributed by atoms with Crippen molar-refractivity contribution in [2.45, 2.75) is 52.9 Å². The molecule has 2 rings (SSSR count). The van der Waals surface area contributed by atoms with Crippen molar-refractivity contribution in [3.63, 3.8) is 0 Å². The first-order valence-electron chi connectivity index (χ1n) is 9.65. The predicted molar refractivity (Wildman–Crippen MR) is 109 cm³/mol. The van der Waals surface area contributed by atoms with Gasteiger partial charge in [0.2, 0.25) is 0 Å². The summed E-state index contributed by atoms with van der Waals surface area (Å²) in [5.74, 6) is 4.52. The Balaban J connectivity index is 0.000000270. The van der Waals surface area contributed by atoms with Crippen LogP contribution < -0.4 is 16.9 Å². The number of hydrazone groups is 1. The molecule has 2 atom stereocenters. The fraction of sp³-hybridized carbons (Fsp3) is 0.650. The van der Waals surface area contributed by atoms with Crippen molar-refractivity contribution < 1.29 is 9.90 Å². The van der Waals surface area contributed by atoms with Crippen LogP contribution in [-0.2, 0) is 4.79 Å². The molecule has 0 spiro atoms. The van der Waals surface area contributed by atoms with Crippen molar-refractivity contribution in [3.05, 3.63) is 29.6 Å². The number of rotatable bonds is 6. The summed E-state index contributed by atoms with van der Waals surface area (Å²) < 4.78 is 0. The Morgan fingerprint density at radius 1 is 1.33 bits per heavy atom. The van der Waals surface area contributed by atoms with Crippen LogP contribution in [0.4, 0.5) is 0 Å². The molecular formula is C20H35N5O2. The summed E-state index contributed by atoms with van der Waals surface area (Å²) in [6.07, 6.45) is 5.01. The number of nitrogens with two attached hydrogens (primary N) is 2. The lowest BCUT2D eigenvalue weighted by Gasteiger charge is -2.21. The third-order valence-electron chi connectivity index (χ3n) is 4.95. The second kappa shape index (κ2) is 11.5. The van der Waals surface area contributed by atoms with E-state index in [2.05, 4.69) is 34.5 Å². The number of carboxylic acid groups (broad SMARTS) is 1. The topological polar surface area (TPSA) is 127 Å². The van der Waals surface area contributed by atoms with E-state index >= 15 is 0 Å². The number of aryl methyl sites for hydroxylation is 1. The van der Waals surface area contributed by atoms with E-state index in [4.69, 9.17) is 16.7 Å². The molecule has 2 heterocycles. The molecule has 0 aliphatic carbocycles. The number of pyridine rings is 1. The SMILES string of the molecule is CC(C)CC(C(=O)O)C(C)/C(N)=N/N.Cc1ccc(C2CCNCC2)nc1. The van der Waals surface area contributed by atoms with Crippen LogP contribution in [0.5, 0.6) is 0 Å². The highest BCUT2D eigenvalue weighted by molar-refractivity contribution is 5.87. The molecule has 1 aliphatic rings. The molecule has 0 amide bonds. The van der Waals surface area contributed by atoms with E-state index in [-0.39, 0.29) is 11.8 Å². The number of hydrogen-bond donors (Lipinski definition) is 4. The van der Waals surface area contributed by atoms with Crippen LogP contribution >= 0.6 is 0 Å². The standard InChI is InChI=1S/C11H16N2.C9H19N3O2/c1-9-2-3-11(13-8-9)10-4-6-12-7-5-10;1-5(2)4-7(9(13)14)6(3)8(10)12-11/h2-3,8,10,12H,4-7H2,1H3;5-7H,4,11H2,1-3H3,(H2,10,12)(H,13,14). The largest absolute Gasteiger partial charge is 0.481 e. The third-order valence-corrected chi connectivity index (χ3v) is 4.95. The van der Waals surface area contributed by atoms with Gasteiger partial charge in [-0.25, -0.2) is 0 Å². The van der Waals surface area contributed by atoms with Crippen LogP contribution in [0, 0.1) is 24.7 Å². The average molecular weight is 378 g/mol. The molecule has 0 bridgehead atoms. The summed E-state index contributed by atoms with van der Waals surface area (Å²) >= 11 is 0. The number of carbonyl (C=O) groups is 1. The number of aromatic nitrogens is 1. The number of piperidine rings is 1. The first-order valence-corrected chi connectivity index (χ1v) is 9.65. The lowest BCUT2D eigenvalue weighted by molar-refractivity contribution is -0.143. The van der Waals surface area contributed by atoms with Crippen LogP contribution in [0.1, 0.15) is 57.2 Å². The molecule has 152 valence electrons. The monoisotopic (exact) mass is 377 g/mol. The Kier molecular flexibility index (Phi) is 9.78. The van der Waals surface area contributed by atoms with Crippen molar-refractivity contribution >= 4 is 11.8 Å². The van der Waals surface area contributed by atoms with Crippen LogP contribution in [0.25, 0.3) is 0 Å². The zero-order valence-electron chi connectivity index (χ0n) is 17.0. The molecule has 7 heteroatoms. The summed E-state index contributed by atoms with van der Waals surface area (Å²) in [5, 5.41) is 15.7. The van der Waals surface area contributed by atoms with E-state index in [1.54, 1.807) is 6.92 Å². The minimum absolute atomic E-state index is 0.193. The number of nitrogens with one attached hydrogen (secondary N) is 1. The predicted octanol–water partition coefficient (Wildman–Crippen LogP) is 2.46. The van der Waals surface area contributed by atoms with Crippen molar-refractivity contribution in [1.29, 1.82) is 0 Å². The van der Waals surface area contributed by atoms with Crippen LogP contribution in [0.3, 0.4) is 0 Å². The molecule has 1 aliphatic heterocycles. The van der Waals surface area contributed by atoms with E-state index in [1.807, 2.05) is 20.0 Å². The highest BCUT2D eigenvalue weighted by Crippen LogP contribution is 2.23. The molecule has 1 fully saturated rings. The normalized spacial score (nSPS) is 17.7. The van der Waals surface area contributed by atoms with Gasteiger partial charge in [-0.3, -0.25) is 9.78 Å². The summed E-state index contributed by atoms with van der Waals surface area (Å²) in [7, 11) is 0. The van der Waals surface area contributed by atoms with E-state index in [0.717, 1.165) is 13.1 Å². The van der Waals surface area contributed by atoms with Crippen LogP contribution in [0.2, 0.25) is 0 Å². The van der Waals surface area contributed by atoms with Gasteiger partial charge in [0.1, 0.15) is 5.84 Å². The Bertz CT molecular complexity index is 595. The maximum absolute atomic E-state index is 10.9. The van der Waals surface area contributed by atoms with Gasteiger partial charge in [-0.2, -0.15) is 5.10 Å². The Labute approximate surface area is 162 Å². The first kappa shape index (κ1) is 22.9. The minimum atomic E-state index is -0.849. The Hall–Kier alpha value is -2.15. The summed E-state index contributed by atoms with van der Waals surface area (Å²) in [6.45, 7) is 10.0. The molecule has 6 N–H and O–H groups in total. The van der Waals surface area contributed by atoms with Gasteiger partial charge in [-0.05, 0) is 56.8 Å². The molecule has 1 aromatic heterocycles. The van der Waals surface area contributed by atoms with Crippen molar-refractivity contribution in [2.75, 3.05) is 13.1 Å². The highest BCUT2D eigenvalue weighted by atomic mass is 16.4. The smallest absolute Gasteiger partial charge is 0.307 e. The molecule has 27 heavy (non-hydrogen) atoms. The van der Waals surface area contributed by atoms with Gasteiger partial charge in [0.15, 0.2) is 0 Å². The summed E-state index contributed by atoms with van der Waals surface area (Å²) in [4.78, 5) is 15.4. The van der Waals surface area contributed by atoms with Gasteiger partial charge in [-0.1, -0.05) is 26.8 Å². The lowest BCUT2D eigenvalue weighted by atomic mass is 9.86. The fourth-order valence-corrected chi connectivity index (χ4v) is 3.19. The van der Waals surface area contributed by atoms with Crippen molar-refractivity contribution in [2.24, 2.45) is 34.4 Å². The van der Waals surface area contributed by atoms with Gasteiger partial charge >= 0.3 is 5.97 Å². The van der Waals surface area contributed by atoms with E-state index in [9.17, 15) is 4.79 Å². The molecule has 0 saturated carbocycles. The van der Waals surface area contributed by atoms with Gasteiger partial charge in [0.05, 0.1) is 5.92 Å². The first-order chi connectivity index (χ1) is 12.8. The maximum Gasteiger partial charge on any atom is 0.307 e. The van der Waals surface area contributed by atoms with Gasteiger partial charge in [0, 0.05) is 23.7 Å². The fourth-order valence-electron chi connectivity index (χ4n) is 3.19. The van der Waals surface area contributed by atoms with Crippen LogP contribution in [-0.4, -0.2) is 35.0 Å². The molecule has 1 aromatic rings. The van der Waals surface area contributed by atoms with Crippen molar-refractivity contribution in [1.82, 2.24) is 10.3 Å². The quantitative estimate of drug-likeness (QED) is 0.261. The molecule has 7 nitrogen and oxygen atoms in total. The third kappa shape index (κ3) is 7.95. The van der Waals surface area contributed by atoms with Gasteiger partial charge < -0.3 is 22.0 Å². The number of aliphatic carboxylic acids is 1. The maximum atomic E-state index is 10.9. The Morgan fingerprint density at radius 2 is 1.96 bits per heavy atom. The van der Waals surface area contributed by atoms with Gasteiger partial charge in [0.25, 0.3) is 0 Å². The summed E-state index contributed by atoms with van der Waals surface area (Å²) in [6, 6.07) is 4.33. The second-order valence-electron chi connectivity index (χ2n) is 7.70. The molecule has 2 unspecified atom stereocenters. The zero-order chi connectivity index (χ0) is 20.4. The second-order valence-corrected chi connectivity index (χ2v) is 7.70. The molecule has 1 saturated heterocycles.